The molecule has 2 heterocycles. The molecule has 0 unspecified atom stereocenters. The quantitative estimate of drug-likeness (QED) is 0.271. The molecule has 0 atom stereocenters. The number of aliphatic imine (C=N–C) groups is 1. The van der Waals surface area contributed by atoms with Crippen LogP contribution in [0.4, 0.5) is 0 Å². The molecule has 6 nitrogen and oxygen atoms in total. The van der Waals surface area contributed by atoms with Crippen LogP contribution in [0.15, 0.2) is 23.5 Å². The number of hydrogen-bond donors (Lipinski definition) is 1. The monoisotopic (exact) mass is 476 g/mol. The van der Waals surface area contributed by atoms with E-state index in [1.807, 2.05) is 19.4 Å². The summed E-state index contributed by atoms with van der Waals surface area (Å²) in [5.74, 6) is 0.990. The van der Waals surface area contributed by atoms with Crippen LogP contribution < -0.4 is 5.32 Å². The maximum absolute atomic E-state index is 5.93. The van der Waals surface area contributed by atoms with Gasteiger partial charge < -0.3 is 19.7 Å². The standard InChI is InChI=1S/C19H32N4O2.HI/c1-16-15-21-9-5-17(16)6-10-22-19(20-2)23-11-7-18(8-12-23)25-14-4-13-24-3;/h5,9,15,18H,4,6-8,10-14H2,1-3H3,(H,20,22);1H. The molecule has 0 saturated carbocycles. The van der Waals surface area contributed by atoms with Gasteiger partial charge in [-0.15, -0.1) is 24.0 Å². The lowest BCUT2D eigenvalue weighted by Gasteiger charge is -2.34. The van der Waals surface area contributed by atoms with Crippen molar-refractivity contribution in [2.75, 3.05) is 47.0 Å². The van der Waals surface area contributed by atoms with Crippen molar-refractivity contribution in [3.8, 4) is 0 Å². The van der Waals surface area contributed by atoms with E-state index >= 15 is 0 Å². The molecule has 26 heavy (non-hydrogen) atoms. The fraction of sp³-hybridized carbons (Fsp3) is 0.684. The molecule has 0 aliphatic carbocycles. The van der Waals surface area contributed by atoms with Crippen molar-refractivity contribution in [2.45, 2.75) is 38.7 Å². The van der Waals surface area contributed by atoms with Gasteiger partial charge >= 0.3 is 0 Å². The molecule has 1 aromatic heterocycles. The van der Waals surface area contributed by atoms with Crippen LogP contribution in [0.25, 0.3) is 0 Å². The number of rotatable bonds is 8. The number of methoxy groups -OCH3 is 1. The van der Waals surface area contributed by atoms with E-state index in [0.29, 0.717) is 6.10 Å². The average molecular weight is 476 g/mol. The van der Waals surface area contributed by atoms with E-state index in [-0.39, 0.29) is 24.0 Å². The molecule has 0 radical (unpaired) electrons. The molecule has 0 bridgehead atoms. The number of pyridine rings is 1. The topological polar surface area (TPSA) is 59.0 Å². The van der Waals surface area contributed by atoms with Crippen molar-refractivity contribution in [1.82, 2.24) is 15.2 Å². The van der Waals surface area contributed by atoms with Gasteiger partial charge in [-0.2, -0.15) is 0 Å². The summed E-state index contributed by atoms with van der Waals surface area (Å²) in [5, 5.41) is 3.49. The third-order valence-corrected chi connectivity index (χ3v) is 4.61. The summed E-state index contributed by atoms with van der Waals surface area (Å²) >= 11 is 0. The molecule has 1 aromatic rings. The number of nitrogens with zero attached hydrogens (tertiary/aromatic N) is 3. The zero-order valence-electron chi connectivity index (χ0n) is 16.2. The summed E-state index contributed by atoms with van der Waals surface area (Å²) in [5.41, 5.74) is 2.58. The maximum atomic E-state index is 5.93. The highest BCUT2D eigenvalue weighted by molar-refractivity contribution is 14.0. The predicted octanol–water partition coefficient (Wildman–Crippen LogP) is 2.64. The number of guanidine groups is 1. The van der Waals surface area contributed by atoms with Crippen molar-refractivity contribution in [3.05, 3.63) is 29.6 Å². The molecule has 2 rings (SSSR count). The SMILES string of the molecule is CN=C(NCCc1ccncc1C)N1CCC(OCCCOC)CC1.I. The first kappa shape index (κ1) is 23.1. The second kappa shape index (κ2) is 13.3. The van der Waals surface area contributed by atoms with E-state index in [9.17, 15) is 0 Å². The van der Waals surface area contributed by atoms with Crippen molar-refractivity contribution >= 4 is 29.9 Å². The van der Waals surface area contributed by atoms with Crippen molar-refractivity contribution in [3.63, 3.8) is 0 Å². The van der Waals surface area contributed by atoms with Gasteiger partial charge in [-0.25, -0.2) is 0 Å². The molecule has 1 aliphatic heterocycles. The summed E-state index contributed by atoms with van der Waals surface area (Å²) in [7, 11) is 3.58. The number of aryl methyl sites for hydroxylation is 1. The predicted molar refractivity (Wildman–Crippen MR) is 116 cm³/mol. The lowest BCUT2D eigenvalue weighted by molar-refractivity contribution is 0.00992. The Balaban J connectivity index is 0.00000338. The molecule has 7 heteroatoms. The minimum atomic E-state index is 0. The fourth-order valence-electron chi connectivity index (χ4n) is 3.11. The van der Waals surface area contributed by atoms with E-state index in [1.165, 1.54) is 11.1 Å². The number of nitrogens with one attached hydrogen (secondary N) is 1. The van der Waals surface area contributed by atoms with Crippen LogP contribution in [0, 0.1) is 6.92 Å². The van der Waals surface area contributed by atoms with Crippen LogP contribution in [0.1, 0.15) is 30.4 Å². The summed E-state index contributed by atoms with van der Waals surface area (Å²) < 4.78 is 11.0. The van der Waals surface area contributed by atoms with Crippen LogP contribution >= 0.6 is 24.0 Å². The van der Waals surface area contributed by atoms with Gasteiger partial charge in [0.25, 0.3) is 0 Å². The zero-order valence-corrected chi connectivity index (χ0v) is 18.6. The highest BCUT2D eigenvalue weighted by Gasteiger charge is 2.21. The summed E-state index contributed by atoms with van der Waals surface area (Å²) in [4.78, 5) is 10.9. The lowest BCUT2D eigenvalue weighted by Crippen LogP contribution is -2.47. The van der Waals surface area contributed by atoms with Crippen LogP contribution in [-0.2, 0) is 15.9 Å². The number of piperidine rings is 1. The molecular weight excluding hydrogens is 443 g/mol. The van der Waals surface area contributed by atoms with E-state index in [4.69, 9.17) is 9.47 Å². The summed E-state index contributed by atoms with van der Waals surface area (Å²) in [6, 6.07) is 2.09. The average Bonchev–Trinajstić information content (AvgIpc) is 2.64. The number of likely N-dealkylation sites (tertiary alicyclic amines) is 1. The van der Waals surface area contributed by atoms with Gasteiger partial charge in [0.15, 0.2) is 5.96 Å². The fourth-order valence-corrected chi connectivity index (χ4v) is 3.11. The molecule has 1 N–H and O–H groups in total. The number of hydrogen-bond acceptors (Lipinski definition) is 4. The van der Waals surface area contributed by atoms with Crippen LogP contribution in [0.5, 0.6) is 0 Å². The normalized spacial score (nSPS) is 15.7. The molecule has 148 valence electrons. The van der Waals surface area contributed by atoms with Gasteiger partial charge in [0.2, 0.25) is 0 Å². The zero-order chi connectivity index (χ0) is 17.9. The van der Waals surface area contributed by atoms with Gasteiger partial charge in [0.1, 0.15) is 0 Å². The Morgan fingerprint density at radius 3 is 2.77 bits per heavy atom. The first-order valence-electron chi connectivity index (χ1n) is 9.20. The van der Waals surface area contributed by atoms with Gasteiger partial charge in [-0.05, 0) is 49.8 Å². The van der Waals surface area contributed by atoms with Crippen LogP contribution in [-0.4, -0.2) is 69.0 Å². The van der Waals surface area contributed by atoms with Crippen molar-refractivity contribution in [1.29, 1.82) is 0 Å². The summed E-state index contributed by atoms with van der Waals surface area (Å²) in [6.45, 7) is 6.52. The Hall–Kier alpha value is -0.930. The van der Waals surface area contributed by atoms with E-state index in [2.05, 4.69) is 33.2 Å². The van der Waals surface area contributed by atoms with Gasteiger partial charge in [0, 0.05) is 59.4 Å². The van der Waals surface area contributed by atoms with Crippen molar-refractivity contribution < 1.29 is 9.47 Å². The van der Waals surface area contributed by atoms with Gasteiger partial charge in [-0.1, -0.05) is 0 Å². The minimum Gasteiger partial charge on any atom is -0.385 e. The molecule has 0 amide bonds. The second-order valence-corrected chi connectivity index (χ2v) is 6.43. The summed E-state index contributed by atoms with van der Waals surface area (Å²) in [6.07, 6.45) is 8.19. The molecule has 0 spiro atoms. The first-order valence-corrected chi connectivity index (χ1v) is 9.20. The Morgan fingerprint density at radius 1 is 1.35 bits per heavy atom. The molecule has 1 aliphatic rings. The Bertz CT molecular complexity index is 534. The number of ether oxygens (including phenoxy) is 2. The Morgan fingerprint density at radius 2 is 2.12 bits per heavy atom. The van der Waals surface area contributed by atoms with Crippen LogP contribution in [0.2, 0.25) is 0 Å². The van der Waals surface area contributed by atoms with Gasteiger partial charge in [-0.3, -0.25) is 9.98 Å². The molecular formula is C19H33IN4O2. The van der Waals surface area contributed by atoms with E-state index in [1.54, 1.807) is 7.11 Å². The highest BCUT2D eigenvalue weighted by atomic mass is 127. The third kappa shape index (κ3) is 7.75. The van der Waals surface area contributed by atoms with Crippen LogP contribution in [0.3, 0.4) is 0 Å². The highest BCUT2D eigenvalue weighted by Crippen LogP contribution is 2.14. The second-order valence-electron chi connectivity index (χ2n) is 6.43. The number of aromatic nitrogens is 1. The minimum absolute atomic E-state index is 0. The van der Waals surface area contributed by atoms with E-state index < -0.39 is 0 Å². The molecule has 1 saturated heterocycles. The van der Waals surface area contributed by atoms with E-state index in [0.717, 1.165) is 64.5 Å². The largest absolute Gasteiger partial charge is 0.385 e. The lowest BCUT2D eigenvalue weighted by atomic mass is 10.1. The molecule has 0 aromatic carbocycles. The van der Waals surface area contributed by atoms with Crippen molar-refractivity contribution in [2.24, 2.45) is 4.99 Å². The Kier molecular flexibility index (Phi) is 11.8. The number of halogens is 1. The first-order chi connectivity index (χ1) is 12.2. The molecule has 1 fully saturated rings. The maximum Gasteiger partial charge on any atom is 0.193 e. The smallest absolute Gasteiger partial charge is 0.193 e. The third-order valence-electron chi connectivity index (χ3n) is 4.61. The van der Waals surface area contributed by atoms with Gasteiger partial charge in [0.05, 0.1) is 6.10 Å². The Labute approximate surface area is 174 Å².